The van der Waals surface area contributed by atoms with Gasteiger partial charge >= 0.3 is 0 Å². The normalized spacial score (nSPS) is 13.7. The minimum Gasteiger partial charge on any atom is -0.488 e. The van der Waals surface area contributed by atoms with Gasteiger partial charge in [0.25, 0.3) is 0 Å². The first kappa shape index (κ1) is 23.4. The van der Waals surface area contributed by atoms with Crippen molar-refractivity contribution in [2.45, 2.75) is 79.1 Å². The fourth-order valence-electron chi connectivity index (χ4n) is 4.06. The summed E-state index contributed by atoms with van der Waals surface area (Å²) < 4.78 is 15.6. The number of rotatable bonds is 14. The van der Waals surface area contributed by atoms with Crippen LogP contribution in [0.3, 0.4) is 0 Å². The van der Waals surface area contributed by atoms with Gasteiger partial charge in [-0.1, -0.05) is 66.2 Å². The molecule has 2 heterocycles. The average molecular weight is 447 g/mol. The van der Waals surface area contributed by atoms with Gasteiger partial charge in [-0.05, 0) is 47.6 Å². The number of hydrogen-bond acceptors (Lipinski definition) is 4. The number of thiophene rings is 2. The van der Waals surface area contributed by atoms with Crippen LogP contribution in [0.1, 0.15) is 79.1 Å². The largest absolute Gasteiger partial charge is 0.488 e. The van der Waals surface area contributed by atoms with E-state index in [0.717, 1.165) is 24.7 Å². The summed E-state index contributed by atoms with van der Waals surface area (Å²) in [6.45, 7) is 10.7. The number of benzene rings is 1. The molecule has 0 amide bonds. The van der Waals surface area contributed by atoms with E-state index in [1.54, 1.807) is 22.7 Å². The SMILES string of the molecule is CCCCC(CC)COc1c(OCC(CC)CCCC)c2sccc2c2ccsc12. The highest BCUT2D eigenvalue weighted by Gasteiger charge is 2.21. The van der Waals surface area contributed by atoms with Crippen LogP contribution >= 0.6 is 22.7 Å². The van der Waals surface area contributed by atoms with Crippen molar-refractivity contribution in [2.75, 3.05) is 13.2 Å². The molecule has 2 unspecified atom stereocenters. The first-order chi connectivity index (χ1) is 14.7. The van der Waals surface area contributed by atoms with E-state index in [-0.39, 0.29) is 0 Å². The minimum absolute atomic E-state index is 0.611. The Bertz CT molecular complexity index is 822. The molecule has 2 aromatic heterocycles. The molecule has 166 valence electrons. The highest BCUT2D eigenvalue weighted by atomic mass is 32.1. The number of ether oxygens (including phenoxy) is 2. The molecule has 3 rings (SSSR count). The summed E-state index contributed by atoms with van der Waals surface area (Å²) in [4.78, 5) is 0. The fraction of sp³-hybridized carbons (Fsp3) is 0.615. The van der Waals surface area contributed by atoms with Crippen molar-refractivity contribution in [3.8, 4) is 11.5 Å². The second-order valence-electron chi connectivity index (χ2n) is 8.44. The Morgan fingerprint density at radius 2 is 1.13 bits per heavy atom. The third-order valence-corrected chi connectivity index (χ3v) is 8.08. The highest BCUT2D eigenvalue weighted by Crippen LogP contribution is 2.48. The maximum absolute atomic E-state index is 6.58. The molecule has 0 aliphatic carbocycles. The van der Waals surface area contributed by atoms with E-state index in [9.17, 15) is 0 Å². The Morgan fingerprint density at radius 1 is 0.700 bits per heavy atom. The molecular formula is C26H38O2S2. The van der Waals surface area contributed by atoms with E-state index in [1.807, 2.05) is 0 Å². The Kier molecular flexibility index (Phi) is 9.32. The first-order valence-corrected chi connectivity index (χ1v) is 13.6. The molecule has 0 spiro atoms. The minimum atomic E-state index is 0.611. The van der Waals surface area contributed by atoms with Crippen molar-refractivity contribution in [1.82, 2.24) is 0 Å². The lowest BCUT2D eigenvalue weighted by Gasteiger charge is -2.21. The molecule has 0 fully saturated rings. The van der Waals surface area contributed by atoms with Gasteiger partial charge in [-0.2, -0.15) is 0 Å². The van der Waals surface area contributed by atoms with E-state index >= 15 is 0 Å². The lowest BCUT2D eigenvalue weighted by molar-refractivity contribution is 0.203. The molecule has 3 aromatic rings. The van der Waals surface area contributed by atoms with E-state index in [1.165, 1.54) is 71.5 Å². The van der Waals surface area contributed by atoms with Crippen LogP contribution in [-0.2, 0) is 0 Å². The molecule has 0 radical (unpaired) electrons. The van der Waals surface area contributed by atoms with Gasteiger partial charge in [0.05, 0.1) is 22.6 Å². The van der Waals surface area contributed by atoms with Gasteiger partial charge < -0.3 is 9.47 Å². The van der Waals surface area contributed by atoms with E-state index in [2.05, 4.69) is 50.6 Å². The van der Waals surface area contributed by atoms with Crippen molar-refractivity contribution < 1.29 is 9.47 Å². The van der Waals surface area contributed by atoms with Crippen molar-refractivity contribution in [3.63, 3.8) is 0 Å². The quantitative estimate of drug-likeness (QED) is 0.245. The summed E-state index contributed by atoms with van der Waals surface area (Å²) in [7, 11) is 0. The molecule has 30 heavy (non-hydrogen) atoms. The molecule has 0 bridgehead atoms. The monoisotopic (exact) mass is 446 g/mol. The first-order valence-electron chi connectivity index (χ1n) is 11.9. The number of unbranched alkanes of at least 4 members (excludes halogenated alkanes) is 2. The molecule has 2 atom stereocenters. The van der Waals surface area contributed by atoms with Crippen LogP contribution in [0.5, 0.6) is 11.5 Å². The lowest BCUT2D eigenvalue weighted by atomic mass is 10.0. The molecule has 0 saturated heterocycles. The highest BCUT2D eigenvalue weighted by molar-refractivity contribution is 7.19. The van der Waals surface area contributed by atoms with Crippen LogP contribution in [0.15, 0.2) is 22.9 Å². The van der Waals surface area contributed by atoms with Gasteiger partial charge in [-0.3, -0.25) is 0 Å². The predicted octanol–water partition coefficient (Wildman–Crippen LogP) is 9.31. The summed E-state index contributed by atoms with van der Waals surface area (Å²) in [5.41, 5.74) is 0. The third kappa shape index (κ3) is 5.50. The van der Waals surface area contributed by atoms with Crippen molar-refractivity contribution >= 4 is 42.8 Å². The molecule has 0 aliphatic heterocycles. The second-order valence-corrected chi connectivity index (χ2v) is 10.3. The Labute approximate surface area is 190 Å². The standard InChI is InChI=1S/C26H38O2S2/c1-5-9-11-19(7-3)17-27-23-24(28-18-20(8-4)12-10-6-2)26-22(14-16-30-26)21-13-15-29-25(21)23/h13-16,19-20H,5-12,17-18H2,1-4H3. The van der Waals surface area contributed by atoms with Crippen molar-refractivity contribution in [1.29, 1.82) is 0 Å². The zero-order chi connectivity index (χ0) is 21.3. The molecule has 0 saturated carbocycles. The van der Waals surface area contributed by atoms with E-state index in [4.69, 9.17) is 9.47 Å². The van der Waals surface area contributed by atoms with Crippen molar-refractivity contribution in [2.24, 2.45) is 11.8 Å². The maximum atomic E-state index is 6.58. The summed E-state index contributed by atoms with van der Waals surface area (Å²) >= 11 is 3.55. The molecule has 1 aromatic carbocycles. The molecule has 0 aliphatic rings. The Balaban J connectivity index is 1.90. The van der Waals surface area contributed by atoms with Gasteiger partial charge in [0.1, 0.15) is 0 Å². The number of fused-ring (bicyclic) bond motifs is 3. The Morgan fingerprint density at radius 3 is 1.50 bits per heavy atom. The zero-order valence-corrected chi connectivity index (χ0v) is 20.8. The van der Waals surface area contributed by atoms with Gasteiger partial charge in [0.15, 0.2) is 11.5 Å². The van der Waals surface area contributed by atoms with Crippen LogP contribution in [-0.4, -0.2) is 13.2 Å². The van der Waals surface area contributed by atoms with Crippen LogP contribution in [0.2, 0.25) is 0 Å². The van der Waals surface area contributed by atoms with E-state index in [0.29, 0.717) is 11.8 Å². The molecule has 0 N–H and O–H groups in total. The van der Waals surface area contributed by atoms with Crippen LogP contribution < -0.4 is 9.47 Å². The summed E-state index contributed by atoms with van der Waals surface area (Å²) in [6.07, 6.45) is 9.87. The topological polar surface area (TPSA) is 18.5 Å². The summed E-state index contributed by atoms with van der Waals surface area (Å²) in [6, 6.07) is 4.46. The van der Waals surface area contributed by atoms with Gasteiger partial charge in [0.2, 0.25) is 0 Å². The lowest BCUT2D eigenvalue weighted by Crippen LogP contribution is -2.14. The van der Waals surface area contributed by atoms with Crippen LogP contribution in [0.4, 0.5) is 0 Å². The van der Waals surface area contributed by atoms with Gasteiger partial charge in [-0.25, -0.2) is 0 Å². The van der Waals surface area contributed by atoms with Crippen LogP contribution in [0, 0.1) is 11.8 Å². The maximum Gasteiger partial charge on any atom is 0.180 e. The number of hydrogen-bond donors (Lipinski definition) is 0. The zero-order valence-electron chi connectivity index (χ0n) is 19.2. The molecule has 2 nitrogen and oxygen atoms in total. The molecular weight excluding hydrogens is 408 g/mol. The third-order valence-electron chi connectivity index (χ3n) is 6.25. The summed E-state index contributed by atoms with van der Waals surface area (Å²) in [5.74, 6) is 3.19. The smallest absolute Gasteiger partial charge is 0.180 e. The Hall–Kier alpha value is -1.26. The van der Waals surface area contributed by atoms with Crippen molar-refractivity contribution in [3.05, 3.63) is 22.9 Å². The second kappa shape index (κ2) is 12.0. The average Bonchev–Trinajstić information content (AvgIpc) is 3.44. The summed E-state index contributed by atoms with van der Waals surface area (Å²) in [5, 5.41) is 6.97. The van der Waals surface area contributed by atoms with Gasteiger partial charge in [-0.15, -0.1) is 22.7 Å². The predicted molar refractivity (Wildman–Crippen MR) is 135 cm³/mol. The van der Waals surface area contributed by atoms with E-state index < -0.39 is 0 Å². The van der Waals surface area contributed by atoms with Gasteiger partial charge in [0, 0.05) is 10.8 Å². The van der Waals surface area contributed by atoms with Crippen LogP contribution in [0.25, 0.3) is 20.2 Å². The fourth-order valence-corrected chi connectivity index (χ4v) is 5.87. The molecule has 4 heteroatoms.